The van der Waals surface area contributed by atoms with Crippen molar-refractivity contribution in [2.24, 2.45) is 7.05 Å². The van der Waals surface area contributed by atoms with Crippen LogP contribution >= 0.6 is 11.6 Å². The third-order valence-corrected chi connectivity index (χ3v) is 4.59. The molecule has 0 atom stereocenters. The van der Waals surface area contributed by atoms with Crippen LogP contribution < -0.4 is 4.90 Å². The summed E-state index contributed by atoms with van der Waals surface area (Å²) < 4.78 is 7.51. The Morgan fingerprint density at radius 2 is 1.92 bits per heavy atom. The van der Waals surface area contributed by atoms with Crippen LogP contribution in [0.2, 0.25) is 5.02 Å². The van der Waals surface area contributed by atoms with Gasteiger partial charge in [-0.15, -0.1) is 0 Å². The van der Waals surface area contributed by atoms with Gasteiger partial charge in [-0.3, -0.25) is 4.79 Å². The molecule has 2 aromatic rings. The van der Waals surface area contributed by atoms with Gasteiger partial charge in [0.25, 0.3) is 0 Å². The summed E-state index contributed by atoms with van der Waals surface area (Å²) in [6, 6.07) is 7.76. The number of halogens is 1. The number of carboxylic acid groups (broad SMARTS) is 1. The molecule has 0 radical (unpaired) electrons. The van der Waals surface area contributed by atoms with Gasteiger partial charge in [-0.2, -0.15) is 0 Å². The minimum atomic E-state index is -0.780. The summed E-state index contributed by atoms with van der Waals surface area (Å²) in [5.41, 5.74) is 4.35. The number of aryl methyl sites for hydroxylation is 1. The van der Waals surface area contributed by atoms with E-state index >= 15 is 0 Å². The highest BCUT2D eigenvalue weighted by Crippen LogP contribution is 2.37. The van der Waals surface area contributed by atoms with Crippen molar-refractivity contribution < 1.29 is 14.6 Å². The molecule has 0 saturated carbocycles. The largest absolute Gasteiger partial charge is 0.481 e. The number of carbonyl (C=O) groups is 1. The molecule has 2 heterocycles. The van der Waals surface area contributed by atoms with Crippen LogP contribution in [-0.4, -0.2) is 41.9 Å². The van der Waals surface area contributed by atoms with E-state index in [1.165, 1.54) is 0 Å². The van der Waals surface area contributed by atoms with Crippen LogP contribution in [0.1, 0.15) is 12.1 Å². The number of carboxylic acids is 1. The van der Waals surface area contributed by atoms with Crippen molar-refractivity contribution in [1.29, 1.82) is 0 Å². The van der Waals surface area contributed by atoms with Crippen molar-refractivity contribution in [2.75, 3.05) is 31.2 Å². The van der Waals surface area contributed by atoms with E-state index in [-0.39, 0.29) is 6.42 Å². The van der Waals surface area contributed by atoms with Crippen LogP contribution in [0.5, 0.6) is 0 Å². The van der Waals surface area contributed by atoms with E-state index in [2.05, 4.69) is 11.1 Å². The highest BCUT2D eigenvalue weighted by atomic mass is 35.5. The standard InChI is InChI=1S/C18H21ClN2O3/c1-20-12-15(13-2-4-14(19)5-3-13)18(16(20)6-7-17(22)23)21-8-10-24-11-9-21/h2-5,12H,6-11H2,1H3,(H,22,23). The van der Waals surface area contributed by atoms with Crippen molar-refractivity contribution in [3.8, 4) is 11.1 Å². The Morgan fingerprint density at radius 3 is 2.54 bits per heavy atom. The summed E-state index contributed by atoms with van der Waals surface area (Å²) >= 11 is 6.01. The van der Waals surface area contributed by atoms with E-state index in [9.17, 15) is 4.79 Å². The van der Waals surface area contributed by atoms with Crippen molar-refractivity contribution in [3.05, 3.63) is 41.2 Å². The topological polar surface area (TPSA) is 54.7 Å². The van der Waals surface area contributed by atoms with Gasteiger partial charge in [-0.1, -0.05) is 23.7 Å². The molecular weight excluding hydrogens is 328 g/mol. The molecule has 6 heteroatoms. The molecule has 128 valence electrons. The second-order valence-electron chi connectivity index (χ2n) is 5.95. The maximum absolute atomic E-state index is 11.0. The Bertz CT molecular complexity index is 719. The van der Waals surface area contributed by atoms with E-state index in [4.69, 9.17) is 21.4 Å². The van der Waals surface area contributed by atoms with Gasteiger partial charge in [0.05, 0.1) is 25.3 Å². The first-order valence-corrected chi connectivity index (χ1v) is 8.42. The fraction of sp³-hybridized carbons (Fsp3) is 0.389. The molecule has 5 nitrogen and oxygen atoms in total. The first-order chi connectivity index (χ1) is 11.6. The summed E-state index contributed by atoms with van der Waals surface area (Å²) in [5, 5.41) is 9.77. The Balaban J connectivity index is 2.04. The van der Waals surface area contributed by atoms with Crippen LogP contribution in [-0.2, 0) is 23.0 Å². The fourth-order valence-electron chi connectivity index (χ4n) is 3.16. The lowest BCUT2D eigenvalue weighted by molar-refractivity contribution is -0.136. The number of aromatic nitrogens is 1. The molecule has 3 rings (SSSR count). The lowest BCUT2D eigenvalue weighted by atomic mass is 10.0. The molecule has 0 aliphatic carbocycles. The summed E-state index contributed by atoms with van der Waals surface area (Å²) in [4.78, 5) is 13.3. The smallest absolute Gasteiger partial charge is 0.303 e. The predicted molar refractivity (Wildman–Crippen MR) is 94.8 cm³/mol. The summed E-state index contributed by atoms with van der Waals surface area (Å²) in [6.07, 6.45) is 2.70. The Hall–Kier alpha value is -1.98. The zero-order valence-electron chi connectivity index (χ0n) is 13.7. The van der Waals surface area contributed by atoms with Gasteiger partial charge in [0, 0.05) is 49.0 Å². The third kappa shape index (κ3) is 3.57. The predicted octanol–water partition coefficient (Wildman–Crippen LogP) is 3.20. The lowest BCUT2D eigenvalue weighted by Gasteiger charge is -2.30. The third-order valence-electron chi connectivity index (χ3n) is 4.34. The Morgan fingerprint density at radius 1 is 1.25 bits per heavy atom. The number of ether oxygens (including phenoxy) is 1. The van der Waals surface area contributed by atoms with Gasteiger partial charge in [-0.05, 0) is 17.7 Å². The summed E-state index contributed by atoms with van der Waals surface area (Å²) in [6.45, 7) is 3.00. The van der Waals surface area contributed by atoms with Crippen molar-refractivity contribution in [3.63, 3.8) is 0 Å². The van der Waals surface area contributed by atoms with E-state index in [0.29, 0.717) is 24.7 Å². The van der Waals surface area contributed by atoms with Crippen molar-refractivity contribution in [2.45, 2.75) is 12.8 Å². The second-order valence-corrected chi connectivity index (χ2v) is 6.39. The SMILES string of the molecule is Cn1cc(-c2ccc(Cl)cc2)c(N2CCOCC2)c1CCC(=O)O. The minimum Gasteiger partial charge on any atom is -0.481 e. The van der Waals surface area contributed by atoms with E-state index in [1.807, 2.05) is 35.9 Å². The molecule has 1 N–H and O–H groups in total. The van der Waals surface area contributed by atoms with E-state index < -0.39 is 5.97 Å². The average molecular weight is 349 g/mol. The Kier molecular flexibility index (Phi) is 5.11. The number of nitrogens with zero attached hydrogens (tertiary/aromatic N) is 2. The first-order valence-electron chi connectivity index (χ1n) is 8.05. The van der Waals surface area contributed by atoms with Crippen LogP contribution in [0.4, 0.5) is 5.69 Å². The van der Waals surface area contributed by atoms with Gasteiger partial charge in [0.15, 0.2) is 0 Å². The highest BCUT2D eigenvalue weighted by molar-refractivity contribution is 6.30. The van der Waals surface area contributed by atoms with Gasteiger partial charge >= 0.3 is 5.97 Å². The molecular formula is C18H21ClN2O3. The van der Waals surface area contributed by atoms with Crippen LogP contribution in [0.3, 0.4) is 0 Å². The van der Waals surface area contributed by atoms with E-state index in [1.54, 1.807) is 0 Å². The molecule has 1 aliphatic rings. The molecule has 1 saturated heterocycles. The number of anilines is 1. The van der Waals surface area contributed by atoms with E-state index in [0.717, 1.165) is 35.6 Å². The van der Waals surface area contributed by atoms with Gasteiger partial charge < -0.3 is 19.3 Å². The second kappa shape index (κ2) is 7.28. The molecule has 24 heavy (non-hydrogen) atoms. The molecule has 0 bridgehead atoms. The molecule has 1 aliphatic heterocycles. The number of hydrogen-bond donors (Lipinski definition) is 1. The van der Waals surface area contributed by atoms with Gasteiger partial charge in [0.2, 0.25) is 0 Å². The number of morpholine rings is 1. The highest BCUT2D eigenvalue weighted by Gasteiger charge is 2.23. The zero-order chi connectivity index (χ0) is 17.1. The van der Waals surface area contributed by atoms with Crippen LogP contribution in [0, 0.1) is 0 Å². The van der Waals surface area contributed by atoms with Crippen LogP contribution in [0.15, 0.2) is 30.5 Å². The Labute approximate surface area is 146 Å². The molecule has 0 amide bonds. The van der Waals surface area contributed by atoms with Gasteiger partial charge in [-0.25, -0.2) is 0 Å². The first kappa shape index (κ1) is 16.9. The normalized spacial score (nSPS) is 14.8. The number of rotatable bonds is 5. The minimum absolute atomic E-state index is 0.120. The van der Waals surface area contributed by atoms with Crippen molar-refractivity contribution >= 4 is 23.3 Å². The molecule has 1 aromatic carbocycles. The summed E-state index contributed by atoms with van der Waals surface area (Å²) in [7, 11) is 1.97. The summed E-state index contributed by atoms with van der Waals surface area (Å²) in [5.74, 6) is -0.780. The zero-order valence-corrected chi connectivity index (χ0v) is 14.4. The molecule has 1 fully saturated rings. The average Bonchev–Trinajstić information content (AvgIpc) is 2.91. The lowest BCUT2D eigenvalue weighted by Crippen LogP contribution is -2.37. The fourth-order valence-corrected chi connectivity index (χ4v) is 3.28. The monoisotopic (exact) mass is 348 g/mol. The van der Waals surface area contributed by atoms with Crippen LogP contribution in [0.25, 0.3) is 11.1 Å². The quantitative estimate of drug-likeness (QED) is 0.901. The molecule has 0 spiro atoms. The number of hydrogen-bond acceptors (Lipinski definition) is 3. The number of aliphatic carboxylic acids is 1. The maximum Gasteiger partial charge on any atom is 0.303 e. The van der Waals surface area contributed by atoms with Crippen molar-refractivity contribution in [1.82, 2.24) is 4.57 Å². The van der Waals surface area contributed by atoms with Gasteiger partial charge in [0.1, 0.15) is 0 Å². The molecule has 1 aromatic heterocycles. The molecule has 0 unspecified atom stereocenters. The number of benzene rings is 1. The maximum atomic E-state index is 11.0.